The lowest BCUT2D eigenvalue weighted by Crippen LogP contribution is -2.46. The number of rotatable bonds is 5. The van der Waals surface area contributed by atoms with Gasteiger partial charge >= 0.3 is 0 Å². The quantitative estimate of drug-likeness (QED) is 0.734. The van der Waals surface area contributed by atoms with E-state index in [0.29, 0.717) is 18.8 Å². The van der Waals surface area contributed by atoms with Gasteiger partial charge in [-0.1, -0.05) is 19.8 Å². The van der Waals surface area contributed by atoms with Crippen LogP contribution < -0.4 is 4.72 Å². The van der Waals surface area contributed by atoms with Gasteiger partial charge in [0.2, 0.25) is 10.0 Å². The van der Waals surface area contributed by atoms with Crippen molar-refractivity contribution >= 4 is 21.6 Å². The molecule has 0 spiro atoms. The standard InChI is InChI=1S/C10H20ClNO3S/c1-9-3-2-4-10(13,7-9)8-12-16(14,15)6-5-11/h9,12-13H,2-8H2,1H3. The first-order chi connectivity index (χ1) is 7.37. The van der Waals surface area contributed by atoms with Crippen molar-refractivity contribution in [3.05, 3.63) is 0 Å². The van der Waals surface area contributed by atoms with Crippen molar-refractivity contribution in [3.63, 3.8) is 0 Å². The SMILES string of the molecule is CC1CCCC(O)(CNS(=O)(=O)CCCl)C1. The summed E-state index contributed by atoms with van der Waals surface area (Å²) >= 11 is 5.38. The second kappa shape index (κ2) is 5.67. The summed E-state index contributed by atoms with van der Waals surface area (Å²) in [5.41, 5.74) is -0.878. The van der Waals surface area contributed by atoms with Crippen molar-refractivity contribution in [2.75, 3.05) is 18.2 Å². The molecule has 1 rings (SSSR count). The topological polar surface area (TPSA) is 66.4 Å². The van der Waals surface area contributed by atoms with Crippen LogP contribution in [0.1, 0.15) is 32.6 Å². The van der Waals surface area contributed by atoms with Crippen molar-refractivity contribution in [2.24, 2.45) is 5.92 Å². The molecule has 2 N–H and O–H groups in total. The van der Waals surface area contributed by atoms with Gasteiger partial charge in [0.15, 0.2) is 0 Å². The molecular formula is C10H20ClNO3S. The summed E-state index contributed by atoms with van der Waals surface area (Å²) in [4.78, 5) is 0. The average Bonchev–Trinajstić information content (AvgIpc) is 2.15. The van der Waals surface area contributed by atoms with Gasteiger partial charge in [0, 0.05) is 12.4 Å². The molecule has 1 saturated carbocycles. The van der Waals surface area contributed by atoms with E-state index >= 15 is 0 Å². The lowest BCUT2D eigenvalue weighted by molar-refractivity contribution is -0.00750. The predicted octanol–water partition coefficient (Wildman–Crippen LogP) is 1.09. The van der Waals surface area contributed by atoms with Crippen molar-refractivity contribution in [1.29, 1.82) is 0 Å². The Kier molecular flexibility index (Phi) is 5.04. The summed E-state index contributed by atoms with van der Waals surface area (Å²) < 4.78 is 25.2. The summed E-state index contributed by atoms with van der Waals surface area (Å²) in [6.45, 7) is 2.19. The first-order valence-corrected chi connectivity index (χ1v) is 7.81. The fourth-order valence-electron chi connectivity index (χ4n) is 2.21. The Morgan fingerprint density at radius 2 is 2.25 bits per heavy atom. The Hall–Kier alpha value is 0.160. The molecular weight excluding hydrogens is 250 g/mol. The van der Waals surface area contributed by atoms with Crippen LogP contribution >= 0.6 is 11.6 Å². The molecule has 0 saturated heterocycles. The molecule has 0 aromatic rings. The molecule has 1 aliphatic carbocycles. The van der Waals surface area contributed by atoms with Crippen molar-refractivity contribution < 1.29 is 13.5 Å². The van der Waals surface area contributed by atoms with Crippen LogP contribution in [0.2, 0.25) is 0 Å². The zero-order valence-electron chi connectivity index (χ0n) is 9.58. The Morgan fingerprint density at radius 3 is 2.81 bits per heavy atom. The minimum Gasteiger partial charge on any atom is -0.389 e. The second-order valence-electron chi connectivity index (χ2n) is 4.75. The third-order valence-corrected chi connectivity index (χ3v) is 4.77. The highest BCUT2D eigenvalue weighted by atomic mass is 35.5. The van der Waals surface area contributed by atoms with Crippen LogP contribution in [0.5, 0.6) is 0 Å². The zero-order valence-corrected chi connectivity index (χ0v) is 11.1. The third kappa shape index (κ3) is 4.57. The molecule has 6 heteroatoms. The van der Waals surface area contributed by atoms with Crippen molar-refractivity contribution in [1.82, 2.24) is 4.72 Å². The normalized spacial score (nSPS) is 31.6. The van der Waals surface area contributed by atoms with Crippen LogP contribution in [0, 0.1) is 5.92 Å². The van der Waals surface area contributed by atoms with E-state index in [0.717, 1.165) is 12.8 Å². The summed E-state index contributed by atoms with van der Waals surface area (Å²) in [5, 5.41) is 10.2. The Morgan fingerprint density at radius 1 is 1.56 bits per heavy atom. The van der Waals surface area contributed by atoms with Gasteiger partial charge in [0.05, 0.1) is 11.4 Å². The fraction of sp³-hybridized carbons (Fsp3) is 1.00. The van der Waals surface area contributed by atoms with E-state index < -0.39 is 15.6 Å². The molecule has 16 heavy (non-hydrogen) atoms. The summed E-state index contributed by atoms with van der Waals surface area (Å²) in [5.74, 6) is 0.431. The van der Waals surface area contributed by atoms with E-state index in [4.69, 9.17) is 11.6 Å². The number of aliphatic hydroxyl groups is 1. The molecule has 0 amide bonds. The minimum absolute atomic E-state index is 0.0736. The highest BCUT2D eigenvalue weighted by molar-refractivity contribution is 7.89. The smallest absolute Gasteiger partial charge is 0.212 e. The largest absolute Gasteiger partial charge is 0.389 e. The van der Waals surface area contributed by atoms with Crippen LogP contribution in [0.25, 0.3) is 0 Å². The lowest BCUT2D eigenvalue weighted by Gasteiger charge is -2.35. The summed E-state index contributed by atoms with van der Waals surface area (Å²) in [6, 6.07) is 0. The number of hydrogen-bond acceptors (Lipinski definition) is 3. The van der Waals surface area contributed by atoms with Crippen LogP contribution in [-0.4, -0.2) is 37.3 Å². The van der Waals surface area contributed by atoms with E-state index in [1.807, 2.05) is 0 Å². The average molecular weight is 270 g/mol. The first-order valence-electron chi connectivity index (χ1n) is 5.63. The van der Waals surface area contributed by atoms with E-state index in [2.05, 4.69) is 11.6 Å². The fourth-order valence-corrected chi connectivity index (χ4v) is 3.66. The molecule has 0 heterocycles. The van der Waals surface area contributed by atoms with Gasteiger partial charge in [-0.2, -0.15) is 0 Å². The molecule has 2 unspecified atom stereocenters. The maximum Gasteiger partial charge on any atom is 0.212 e. The first kappa shape index (κ1) is 14.2. The lowest BCUT2D eigenvalue weighted by atomic mass is 9.79. The van der Waals surface area contributed by atoms with Crippen molar-refractivity contribution in [2.45, 2.75) is 38.2 Å². The molecule has 1 aliphatic rings. The Labute approximate surface area is 102 Å². The van der Waals surface area contributed by atoms with Gasteiger partial charge < -0.3 is 5.11 Å². The number of halogens is 1. The monoisotopic (exact) mass is 269 g/mol. The molecule has 96 valence electrons. The van der Waals surface area contributed by atoms with Crippen LogP contribution in [0.15, 0.2) is 0 Å². The van der Waals surface area contributed by atoms with E-state index in [9.17, 15) is 13.5 Å². The van der Waals surface area contributed by atoms with E-state index in [1.165, 1.54) is 0 Å². The molecule has 2 atom stereocenters. The molecule has 4 nitrogen and oxygen atoms in total. The van der Waals surface area contributed by atoms with E-state index in [1.54, 1.807) is 0 Å². The molecule has 1 fully saturated rings. The third-order valence-electron chi connectivity index (χ3n) is 3.03. The van der Waals surface area contributed by atoms with Gasteiger partial charge in [-0.05, 0) is 18.8 Å². The molecule has 0 aromatic heterocycles. The van der Waals surface area contributed by atoms with Gasteiger partial charge in [-0.15, -0.1) is 11.6 Å². The maximum atomic E-state index is 11.4. The molecule has 0 aromatic carbocycles. The van der Waals surface area contributed by atoms with Crippen LogP contribution in [-0.2, 0) is 10.0 Å². The number of sulfonamides is 1. The number of nitrogens with one attached hydrogen (secondary N) is 1. The highest BCUT2D eigenvalue weighted by Gasteiger charge is 2.33. The Balaban J connectivity index is 2.47. The summed E-state index contributed by atoms with van der Waals surface area (Å²) in [7, 11) is -3.33. The zero-order chi connectivity index (χ0) is 12.2. The van der Waals surface area contributed by atoms with Gasteiger partial charge in [0.1, 0.15) is 0 Å². The molecule has 0 radical (unpaired) electrons. The predicted molar refractivity (Wildman–Crippen MR) is 65.1 cm³/mol. The second-order valence-corrected chi connectivity index (χ2v) is 7.06. The van der Waals surface area contributed by atoms with Crippen LogP contribution in [0.4, 0.5) is 0 Å². The van der Waals surface area contributed by atoms with Crippen LogP contribution in [0.3, 0.4) is 0 Å². The number of alkyl halides is 1. The van der Waals surface area contributed by atoms with Gasteiger partial charge in [-0.25, -0.2) is 13.1 Å². The minimum atomic E-state index is -3.33. The Bertz CT molecular complexity index is 320. The van der Waals surface area contributed by atoms with Gasteiger partial charge in [0.25, 0.3) is 0 Å². The molecule has 0 bridgehead atoms. The highest BCUT2D eigenvalue weighted by Crippen LogP contribution is 2.31. The molecule has 0 aliphatic heterocycles. The van der Waals surface area contributed by atoms with Crippen molar-refractivity contribution in [3.8, 4) is 0 Å². The maximum absolute atomic E-state index is 11.4. The summed E-state index contributed by atoms with van der Waals surface area (Å²) in [6.07, 6.45) is 3.39. The van der Waals surface area contributed by atoms with Gasteiger partial charge in [-0.3, -0.25) is 0 Å². The number of hydrogen-bond donors (Lipinski definition) is 2. The van der Waals surface area contributed by atoms with E-state index in [-0.39, 0.29) is 18.2 Å².